The zero-order chi connectivity index (χ0) is 13.3. The van der Waals surface area contributed by atoms with E-state index in [1.54, 1.807) is 18.2 Å². The highest BCUT2D eigenvalue weighted by Gasteiger charge is 2.13. The molecule has 0 unspecified atom stereocenters. The van der Waals surface area contributed by atoms with Gasteiger partial charge in [-0.1, -0.05) is 22.0 Å². The quantitative estimate of drug-likeness (QED) is 0.658. The van der Waals surface area contributed by atoms with Gasteiger partial charge in [0.1, 0.15) is 0 Å². The largest absolute Gasteiger partial charge is 0.452 e. The summed E-state index contributed by atoms with van der Waals surface area (Å²) in [7, 11) is 0. The van der Waals surface area contributed by atoms with Crippen LogP contribution in [-0.2, 0) is 0 Å². The maximum absolute atomic E-state index is 13.5. The SMILES string of the molecule is Cc1ccc(N)c(Oc2cc(Br)cc(F)c2F)c1. The first-order valence-corrected chi connectivity index (χ1v) is 5.95. The number of nitrogen functional groups attached to an aromatic ring is 1. The molecule has 0 atom stereocenters. The zero-order valence-corrected chi connectivity index (χ0v) is 11.1. The summed E-state index contributed by atoms with van der Waals surface area (Å²) in [5.41, 5.74) is 6.98. The van der Waals surface area contributed by atoms with Crippen LogP contribution in [0.2, 0.25) is 0 Å². The van der Waals surface area contributed by atoms with Crippen LogP contribution in [0.4, 0.5) is 14.5 Å². The first-order valence-electron chi connectivity index (χ1n) is 5.16. The van der Waals surface area contributed by atoms with Crippen LogP contribution in [0.3, 0.4) is 0 Å². The van der Waals surface area contributed by atoms with Crippen molar-refractivity contribution >= 4 is 21.6 Å². The second-order valence-corrected chi connectivity index (χ2v) is 4.76. The van der Waals surface area contributed by atoms with Crippen LogP contribution in [0, 0.1) is 18.6 Å². The molecule has 0 saturated heterocycles. The minimum absolute atomic E-state index is 0.209. The predicted molar refractivity (Wildman–Crippen MR) is 69.7 cm³/mol. The molecule has 0 aromatic heterocycles. The Kier molecular flexibility index (Phi) is 3.52. The Morgan fingerprint density at radius 3 is 2.56 bits per heavy atom. The molecule has 0 aliphatic heterocycles. The van der Waals surface area contributed by atoms with Crippen LogP contribution in [-0.4, -0.2) is 0 Å². The molecule has 5 heteroatoms. The zero-order valence-electron chi connectivity index (χ0n) is 9.51. The number of hydrogen-bond donors (Lipinski definition) is 1. The molecule has 18 heavy (non-hydrogen) atoms. The second-order valence-electron chi connectivity index (χ2n) is 3.84. The van der Waals surface area contributed by atoms with Gasteiger partial charge in [0.05, 0.1) is 5.69 Å². The third-order valence-electron chi connectivity index (χ3n) is 2.35. The van der Waals surface area contributed by atoms with E-state index in [1.807, 2.05) is 6.92 Å². The average molecular weight is 314 g/mol. The van der Waals surface area contributed by atoms with Crippen LogP contribution >= 0.6 is 15.9 Å². The molecule has 0 radical (unpaired) electrons. The van der Waals surface area contributed by atoms with Gasteiger partial charge in [0.25, 0.3) is 0 Å². The highest BCUT2D eigenvalue weighted by Crippen LogP contribution is 2.32. The maximum atomic E-state index is 13.5. The van der Waals surface area contributed by atoms with Gasteiger partial charge in [0.2, 0.25) is 5.82 Å². The van der Waals surface area contributed by atoms with Gasteiger partial charge in [0.15, 0.2) is 17.3 Å². The molecule has 0 aliphatic rings. The van der Waals surface area contributed by atoms with E-state index in [0.717, 1.165) is 11.6 Å². The summed E-state index contributed by atoms with van der Waals surface area (Å²) in [6, 6.07) is 7.49. The number of nitrogens with two attached hydrogens (primary N) is 1. The van der Waals surface area contributed by atoms with Gasteiger partial charge in [0, 0.05) is 4.47 Å². The van der Waals surface area contributed by atoms with Gasteiger partial charge >= 0.3 is 0 Å². The fraction of sp³-hybridized carbons (Fsp3) is 0.0769. The highest BCUT2D eigenvalue weighted by molar-refractivity contribution is 9.10. The molecule has 0 heterocycles. The lowest BCUT2D eigenvalue weighted by Gasteiger charge is -2.10. The fourth-order valence-electron chi connectivity index (χ4n) is 1.46. The van der Waals surface area contributed by atoms with E-state index < -0.39 is 11.6 Å². The summed E-state index contributed by atoms with van der Waals surface area (Å²) >= 11 is 3.08. The Bertz CT molecular complexity index is 602. The van der Waals surface area contributed by atoms with Crippen molar-refractivity contribution in [3.8, 4) is 11.5 Å². The van der Waals surface area contributed by atoms with Crippen molar-refractivity contribution in [3.05, 3.63) is 52.0 Å². The number of anilines is 1. The van der Waals surface area contributed by atoms with Gasteiger partial charge in [-0.3, -0.25) is 0 Å². The summed E-state index contributed by atoms with van der Waals surface area (Å²) in [5.74, 6) is -1.93. The summed E-state index contributed by atoms with van der Waals surface area (Å²) < 4.78 is 32.4. The lowest BCUT2D eigenvalue weighted by atomic mass is 10.2. The molecule has 0 saturated carbocycles. The van der Waals surface area contributed by atoms with Crippen molar-refractivity contribution in [3.63, 3.8) is 0 Å². The summed E-state index contributed by atoms with van der Waals surface area (Å²) in [6.07, 6.45) is 0. The molecule has 2 aromatic rings. The van der Waals surface area contributed by atoms with E-state index in [0.29, 0.717) is 15.9 Å². The van der Waals surface area contributed by atoms with Crippen LogP contribution in [0.5, 0.6) is 11.5 Å². The first kappa shape index (κ1) is 12.8. The Balaban J connectivity index is 2.43. The lowest BCUT2D eigenvalue weighted by Crippen LogP contribution is -1.96. The highest BCUT2D eigenvalue weighted by atomic mass is 79.9. The maximum Gasteiger partial charge on any atom is 0.201 e. The van der Waals surface area contributed by atoms with Crippen molar-refractivity contribution in [2.45, 2.75) is 6.92 Å². The van der Waals surface area contributed by atoms with E-state index in [9.17, 15) is 8.78 Å². The number of aryl methyl sites for hydroxylation is 1. The molecule has 94 valence electrons. The van der Waals surface area contributed by atoms with Gasteiger partial charge in [-0.05, 0) is 36.8 Å². The molecule has 2 aromatic carbocycles. The Labute approximate surface area is 112 Å². The summed E-state index contributed by atoms with van der Waals surface area (Å²) in [6.45, 7) is 1.85. The molecule has 0 spiro atoms. The predicted octanol–water partition coefficient (Wildman–Crippen LogP) is 4.41. The van der Waals surface area contributed by atoms with Gasteiger partial charge in [-0.2, -0.15) is 4.39 Å². The monoisotopic (exact) mass is 313 g/mol. The normalized spacial score (nSPS) is 10.4. The Morgan fingerprint density at radius 1 is 1.11 bits per heavy atom. The van der Waals surface area contributed by atoms with Crippen molar-refractivity contribution in [1.29, 1.82) is 0 Å². The van der Waals surface area contributed by atoms with E-state index in [1.165, 1.54) is 6.07 Å². The van der Waals surface area contributed by atoms with Gasteiger partial charge in [-0.15, -0.1) is 0 Å². The van der Waals surface area contributed by atoms with E-state index in [4.69, 9.17) is 10.5 Å². The molecular formula is C13H10BrF2NO. The number of rotatable bonds is 2. The van der Waals surface area contributed by atoms with Crippen molar-refractivity contribution in [2.75, 3.05) is 5.73 Å². The van der Waals surface area contributed by atoms with Crippen LogP contribution in [0.1, 0.15) is 5.56 Å². The van der Waals surface area contributed by atoms with Crippen LogP contribution < -0.4 is 10.5 Å². The summed E-state index contributed by atoms with van der Waals surface area (Å²) in [5, 5.41) is 0. The standard InChI is InChI=1S/C13H10BrF2NO/c1-7-2-3-10(17)11(4-7)18-12-6-8(14)5-9(15)13(12)16/h2-6H,17H2,1H3. The molecule has 0 amide bonds. The van der Waals surface area contributed by atoms with Gasteiger partial charge < -0.3 is 10.5 Å². The molecule has 0 aliphatic carbocycles. The second kappa shape index (κ2) is 4.94. The molecule has 0 bridgehead atoms. The van der Waals surface area contributed by atoms with Crippen molar-refractivity contribution in [1.82, 2.24) is 0 Å². The Morgan fingerprint density at radius 2 is 1.83 bits per heavy atom. The number of benzene rings is 2. The van der Waals surface area contributed by atoms with Crippen molar-refractivity contribution in [2.24, 2.45) is 0 Å². The first-order chi connectivity index (χ1) is 8.47. The molecule has 2 rings (SSSR count). The smallest absolute Gasteiger partial charge is 0.201 e. The average Bonchev–Trinajstić information content (AvgIpc) is 2.30. The summed E-state index contributed by atoms with van der Waals surface area (Å²) in [4.78, 5) is 0. The number of hydrogen-bond acceptors (Lipinski definition) is 2. The van der Waals surface area contributed by atoms with Crippen LogP contribution in [0.15, 0.2) is 34.8 Å². The lowest BCUT2D eigenvalue weighted by molar-refractivity contribution is 0.416. The molecule has 2 N–H and O–H groups in total. The van der Waals surface area contributed by atoms with E-state index >= 15 is 0 Å². The van der Waals surface area contributed by atoms with Crippen molar-refractivity contribution < 1.29 is 13.5 Å². The third kappa shape index (κ3) is 2.61. The molecule has 0 fully saturated rings. The third-order valence-corrected chi connectivity index (χ3v) is 2.81. The minimum Gasteiger partial charge on any atom is -0.452 e. The topological polar surface area (TPSA) is 35.2 Å². The van der Waals surface area contributed by atoms with E-state index in [-0.39, 0.29) is 5.75 Å². The minimum atomic E-state index is -1.04. The van der Waals surface area contributed by atoms with Gasteiger partial charge in [-0.25, -0.2) is 4.39 Å². The van der Waals surface area contributed by atoms with Crippen LogP contribution in [0.25, 0.3) is 0 Å². The van der Waals surface area contributed by atoms with E-state index in [2.05, 4.69) is 15.9 Å². The number of halogens is 3. The fourth-order valence-corrected chi connectivity index (χ4v) is 1.86. The number of ether oxygens (including phenoxy) is 1. The molecule has 2 nitrogen and oxygen atoms in total. The molecular weight excluding hydrogens is 304 g/mol. The Hall–Kier alpha value is -1.62.